The molecule has 200 valence electrons. The molecule has 2 atom stereocenters. The summed E-state index contributed by atoms with van der Waals surface area (Å²) in [6, 6.07) is 15.5. The van der Waals surface area contributed by atoms with E-state index in [4.69, 9.17) is 30.8 Å². The normalized spacial score (nSPS) is 19.4. The second-order valence-electron chi connectivity index (χ2n) is 9.80. The lowest BCUT2D eigenvalue weighted by Gasteiger charge is -2.42. The van der Waals surface area contributed by atoms with Gasteiger partial charge in [0.05, 0.1) is 37.6 Å². The highest BCUT2D eigenvalue weighted by atomic mass is 35.5. The standard InChI is InChI=1S/C29H27ClN4O5/c1-15(2)39-20-13-21(38-4)25-27-23(20)28-32-24(17-6-5-7-19(12-17)37-3)26(16-8-10-18(30)11-9-16)34(28)29(36)33(27)14-22(35)31-25/h5-13,15,24,26H,14H2,1-4H3,(H,31,35)/t24-,26?/m0/s1. The van der Waals surface area contributed by atoms with Crippen LogP contribution in [-0.2, 0) is 4.79 Å². The van der Waals surface area contributed by atoms with Crippen molar-refractivity contribution in [3.63, 3.8) is 0 Å². The van der Waals surface area contributed by atoms with E-state index in [2.05, 4.69) is 5.32 Å². The number of nitrogens with zero attached hydrogens (tertiary/aromatic N) is 3. The Balaban J connectivity index is 1.63. The van der Waals surface area contributed by atoms with Crippen molar-refractivity contribution in [3.8, 4) is 17.2 Å². The number of rotatable bonds is 6. The molecule has 10 heteroatoms. The molecule has 1 N–H and O–H groups in total. The number of benzene rings is 3. The zero-order valence-electron chi connectivity index (χ0n) is 21.9. The Morgan fingerprint density at radius 1 is 1.00 bits per heavy atom. The largest absolute Gasteiger partial charge is 0.497 e. The molecule has 3 aromatic carbocycles. The molecule has 3 amide bonds. The van der Waals surface area contributed by atoms with Gasteiger partial charge in [-0.25, -0.2) is 4.79 Å². The number of amides is 3. The van der Waals surface area contributed by atoms with Crippen LogP contribution in [0.3, 0.4) is 0 Å². The molecule has 0 aromatic heterocycles. The average molecular weight is 547 g/mol. The van der Waals surface area contributed by atoms with Crippen LogP contribution in [-0.4, -0.2) is 49.5 Å². The number of nitrogens with one attached hydrogen (secondary N) is 1. The molecule has 3 heterocycles. The minimum absolute atomic E-state index is 0.145. The summed E-state index contributed by atoms with van der Waals surface area (Å²) < 4.78 is 17.4. The number of ether oxygens (including phenoxy) is 3. The summed E-state index contributed by atoms with van der Waals surface area (Å²) in [5.41, 5.74) is 3.29. The number of methoxy groups -OCH3 is 2. The average Bonchev–Trinajstić information content (AvgIpc) is 3.32. The summed E-state index contributed by atoms with van der Waals surface area (Å²) in [5.74, 6) is 1.75. The lowest BCUT2D eigenvalue weighted by Crippen LogP contribution is -2.55. The van der Waals surface area contributed by atoms with Gasteiger partial charge in [-0.2, -0.15) is 0 Å². The van der Waals surface area contributed by atoms with Gasteiger partial charge in [-0.3, -0.25) is 19.6 Å². The van der Waals surface area contributed by atoms with Crippen LogP contribution in [0.1, 0.15) is 42.6 Å². The maximum Gasteiger partial charge on any atom is 0.331 e. The first kappa shape index (κ1) is 25.1. The van der Waals surface area contributed by atoms with Crippen LogP contribution in [0.2, 0.25) is 5.02 Å². The highest BCUT2D eigenvalue weighted by Crippen LogP contribution is 2.54. The molecule has 0 saturated carbocycles. The third kappa shape index (κ3) is 4.04. The summed E-state index contributed by atoms with van der Waals surface area (Å²) in [6.07, 6.45) is -0.162. The number of urea groups is 1. The number of carbonyl (C=O) groups excluding carboxylic acids is 2. The zero-order valence-corrected chi connectivity index (χ0v) is 22.7. The van der Waals surface area contributed by atoms with Gasteiger partial charge in [0.1, 0.15) is 41.4 Å². The van der Waals surface area contributed by atoms with Crippen molar-refractivity contribution in [2.75, 3.05) is 31.0 Å². The summed E-state index contributed by atoms with van der Waals surface area (Å²) >= 11 is 6.22. The van der Waals surface area contributed by atoms with Gasteiger partial charge in [-0.05, 0) is 49.2 Å². The van der Waals surface area contributed by atoms with Gasteiger partial charge in [0.2, 0.25) is 5.91 Å². The Labute approximate surface area is 230 Å². The van der Waals surface area contributed by atoms with Crippen LogP contribution in [0.5, 0.6) is 17.2 Å². The summed E-state index contributed by atoms with van der Waals surface area (Å²) in [7, 11) is 3.13. The fourth-order valence-electron chi connectivity index (χ4n) is 5.44. The van der Waals surface area contributed by atoms with E-state index in [-0.39, 0.29) is 24.6 Å². The quantitative estimate of drug-likeness (QED) is 0.435. The van der Waals surface area contributed by atoms with Gasteiger partial charge >= 0.3 is 6.03 Å². The van der Waals surface area contributed by atoms with Gasteiger partial charge in [0.15, 0.2) is 0 Å². The minimum atomic E-state index is -0.507. The lowest BCUT2D eigenvalue weighted by molar-refractivity contribution is -0.115. The maximum absolute atomic E-state index is 14.3. The fourth-order valence-corrected chi connectivity index (χ4v) is 5.56. The number of carbonyl (C=O) groups is 2. The SMILES string of the molecule is COc1cccc([C@@H]2N=C3c4c(OC(C)C)cc(OC)c5c4N(CC(=O)N5)C(=O)N3C2c2ccc(Cl)cc2)c1. The van der Waals surface area contributed by atoms with Gasteiger partial charge in [0.25, 0.3) is 0 Å². The third-order valence-electron chi connectivity index (χ3n) is 7.02. The molecule has 0 spiro atoms. The number of hydrogen-bond donors (Lipinski definition) is 1. The Hall–Kier alpha value is -4.24. The first-order valence-corrected chi connectivity index (χ1v) is 13.0. The van der Waals surface area contributed by atoms with E-state index in [9.17, 15) is 9.59 Å². The Kier molecular flexibility index (Phi) is 6.10. The molecule has 9 nitrogen and oxygen atoms in total. The van der Waals surface area contributed by atoms with Crippen LogP contribution in [0.25, 0.3) is 0 Å². The molecule has 0 saturated heterocycles. The van der Waals surface area contributed by atoms with Crippen molar-refractivity contribution < 1.29 is 23.8 Å². The monoisotopic (exact) mass is 546 g/mol. The molecule has 0 fully saturated rings. The van der Waals surface area contributed by atoms with Crippen LogP contribution >= 0.6 is 11.6 Å². The van der Waals surface area contributed by atoms with E-state index in [1.807, 2.05) is 50.2 Å². The van der Waals surface area contributed by atoms with Crippen molar-refractivity contribution >= 4 is 40.7 Å². The number of hydrogen-bond acceptors (Lipinski definition) is 6. The molecule has 3 aromatic rings. The third-order valence-corrected chi connectivity index (χ3v) is 7.27. The van der Waals surface area contributed by atoms with E-state index >= 15 is 0 Å². The summed E-state index contributed by atoms with van der Waals surface area (Å²) in [5, 5.41) is 3.47. The lowest BCUT2D eigenvalue weighted by atomic mass is 9.93. The van der Waals surface area contributed by atoms with E-state index in [1.54, 1.807) is 30.2 Å². The van der Waals surface area contributed by atoms with Crippen LogP contribution < -0.4 is 24.4 Å². The van der Waals surface area contributed by atoms with Crippen molar-refractivity contribution in [2.45, 2.75) is 32.0 Å². The van der Waals surface area contributed by atoms with Gasteiger partial charge in [-0.15, -0.1) is 0 Å². The highest BCUT2D eigenvalue weighted by molar-refractivity contribution is 6.30. The molecular weight excluding hydrogens is 520 g/mol. The number of anilines is 2. The molecule has 1 unspecified atom stereocenters. The first-order valence-electron chi connectivity index (χ1n) is 12.6. The topological polar surface area (TPSA) is 92.7 Å². The second kappa shape index (κ2) is 9.50. The molecule has 0 radical (unpaired) electrons. The smallest absolute Gasteiger partial charge is 0.331 e. The van der Waals surface area contributed by atoms with E-state index in [1.165, 1.54) is 12.0 Å². The second-order valence-corrected chi connectivity index (χ2v) is 10.2. The minimum Gasteiger partial charge on any atom is -0.497 e. The van der Waals surface area contributed by atoms with Crippen LogP contribution in [0, 0.1) is 0 Å². The molecule has 0 bridgehead atoms. The predicted molar refractivity (Wildman–Crippen MR) is 148 cm³/mol. The van der Waals surface area contributed by atoms with Crippen molar-refractivity contribution in [2.24, 2.45) is 4.99 Å². The summed E-state index contributed by atoms with van der Waals surface area (Å²) in [6.45, 7) is 3.71. The molecule has 6 rings (SSSR count). The predicted octanol–water partition coefficient (Wildman–Crippen LogP) is 5.58. The molecule has 3 aliphatic heterocycles. The number of halogens is 1. The number of amidine groups is 1. The molecular formula is C29H27ClN4O5. The fraction of sp³-hybridized carbons (Fsp3) is 0.276. The van der Waals surface area contributed by atoms with Crippen LogP contribution in [0.4, 0.5) is 16.2 Å². The van der Waals surface area contributed by atoms with E-state index in [0.29, 0.717) is 45.0 Å². The van der Waals surface area contributed by atoms with Crippen molar-refractivity contribution in [3.05, 3.63) is 76.3 Å². The first-order chi connectivity index (χ1) is 18.8. The summed E-state index contributed by atoms with van der Waals surface area (Å²) in [4.78, 5) is 35.4. The van der Waals surface area contributed by atoms with Crippen molar-refractivity contribution in [1.29, 1.82) is 0 Å². The highest BCUT2D eigenvalue weighted by Gasteiger charge is 2.51. The Morgan fingerprint density at radius 2 is 1.77 bits per heavy atom. The number of fused-ring (bicyclic) bond motifs is 2. The van der Waals surface area contributed by atoms with Crippen molar-refractivity contribution in [1.82, 2.24) is 4.90 Å². The molecule has 3 aliphatic rings. The van der Waals surface area contributed by atoms with Crippen LogP contribution in [0.15, 0.2) is 59.6 Å². The molecule has 39 heavy (non-hydrogen) atoms. The maximum atomic E-state index is 14.3. The van der Waals surface area contributed by atoms with Gasteiger partial charge in [-0.1, -0.05) is 35.9 Å². The Bertz CT molecular complexity index is 1520. The van der Waals surface area contributed by atoms with Gasteiger partial charge < -0.3 is 19.5 Å². The Morgan fingerprint density at radius 3 is 2.46 bits per heavy atom. The van der Waals surface area contributed by atoms with Gasteiger partial charge in [0, 0.05) is 11.1 Å². The molecule has 0 aliphatic carbocycles. The van der Waals surface area contributed by atoms with E-state index in [0.717, 1.165) is 11.1 Å². The number of aliphatic imine (C=N–C) groups is 1. The van der Waals surface area contributed by atoms with E-state index < -0.39 is 12.1 Å². The zero-order chi connectivity index (χ0) is 27.4.